The second kappa shape index (κ2) is 14.6. The zero-order valence-electron chi connectivity index (χ0n) is 27.5. The number of para-hydroxylation sites is 1. The number of nitrogens with one attached hydrogen (secondary N) is 2. The first-order valence-electron chi connectivity index (χ1n) is 15.9. The van der Waals surface area contributed by atoms with Crippen LogP contribution in [0.5, 0.6) is 34.5 Å². The molecule has 0 aromatic heterocycles. The van der Waals surface area contributed by atoms with Gasteiger partial charge in [-0.05, 0) is 120 Å². The van der Waals surface area contributed by atoms with E-state index in [1.54, 1.807) is 24.3 Å². The van der Waals surface area contributed by atoms with Crippen LogP contribution in [-0.4, -0.2) is 11.8 Å². The molecule has 0 heterocycles. The van der Waals surface area contributed by atoms with E-state index in [0.717, 1.165) is 28.3 Å². The van der Waals surface area contributed by atoms with Crippen LogP contribution in [0.2, 0.25) is 0 Å². The van der Waals surface area contributed by atoms with Crippen LogP contribution in [0.3, 0.4) is 0 Å². The third-order valence-corrected chi connectivity index (χ3v) is 8.01. The van der Waals surface area contributed by atoms with Gasteiger partial charge in [-0.2, -0.15) is 0 Å². The highest BCUT2D eigenvalue weighted by Gasteiger charge is 2.23. The number of anilines is 2. The number of rotatable bonds is 11. The third kappa shape index (κ3) is 8.53. The predicted molar refractivity (Wildman–Crippen MR) is 193 cm³/mol. The Labute approximate surface area is 286 Å². The van der Waals surface area contributed by atoms with Gasteiger partial charge < -0.3 is 24.8 Å². The van der Waals surface area contributed by atoms with Gasteiger partial charge in [0.1, 0.15) is 34.5 Å². The minimum Gasteiger partial charge on any atom is -0.457 e. The number of carbonyl (C=O) groups excluding carboxylic acids is 2. The standard InChI is InChI=1S/C42H36N2O5/c1-29(45)43-33-15-25-39(26-16-33)48-37-21-11-31(12-22-37)42(2,3)32-13-23-38(24-14-32)49-40-27-17-34(18-28-40)44-41(46)30-9-19-36(20-10-30)47-35-7-5-4-6-8-35/h4-28H,1-3H3,(H,43,45)(H,44,46). The number of ether oxygens (including phenoxy) is 3. The molecule has 49 heavy (non-hydrogen) atoms. The summed E-state index contributed by atoms with van der Waals surface area (Å²) in [4.78, 5) is 24.0. The van der Waals surface area contributed by atoms with E-state index in [1.807, 2.05) is 103 Å². The van der Waals surface area contributed by atoms with Crippen molar-refractivity contribution < 1.29 is 23.8 Å². The van der Waals surface area contributed by atoms with Crippen molar-refractivity contribution in [1.29, 1.82) is 0 Å². The maximum absolute atomic E-state index is 12.8. The second-order valence-electron chi connectivity index (χ2n) is 12.0. The normalized spacial score (nSPS) is 10.9. The number of benzene rings is 6. The predicted octanol–water partition coefficient (Wildman–Crippen LogP) is 10.6. The molecule has 0 fully saturated rings. The van der Waals surface area contributed by atoms with Gasteiger partial charge in [-0.15, -0.1) is 0 Å². The highest BCUT2D eigenvalue weighted by atomic mass is 16.5. The Morgan fingerprint density at radius 1 is 0.449 bits per heavy atom. The van der Waals surface area contributed by atoms with E-state index in [4.69, 9.17) is 14.2 Å². The summed E-state index contributed by atoms with van der Waals surface area (Å²) in [5.74, 6) is 3.85. The summed E-state index contributed by atoms with van der Waals surface area (Å²) in [6.45, 7) is 5.84. The maximum Gasteiger partial charge on any atom is 0.255 e. The van der Waals surface area contributed by atoms with Crippen LogP contribution < -0.4 is 24.8 Å². The third-order valence-electron chi connectivity index (χ3n) is 8.01. The topological polar surface area (TPSA) is 85.9 Å². The van der Waals surface area contributed by atoms with Crippen molar-refractivity contribution in [3.63, 3.8) is 0 Å². The smallest absolute Gasteiger partial charge is 0.255 e. The lowest BCUT2D eigenvalue weighted by Crippen LogP contribution is -2.18. The van der Waals surface area contributed by atoms with Gasteiger partial charge in [0, 0.05) is 29.3 Å². The fourth-order valence-electron chi connectivity index (χ4n) is 5.24. The van der Waals surface area contributed by atoms with Crippen LogP contribution in [0.15, 0.2) is 152 Å². The van der Waals surface area contributed by atoms with Crippen molar-refractivity contribution in [3.8, 4) is 34.5 Å². The molecular weight excluding hydrogens is 612 g/mol. The molecule has 0 aliphatic carbocycles. The minimum absolute atomic E-state index is 0.113. The monoisotopic (exact) mass is 648 g/mol. The first-order valence-corrected chi connectivity index (χ1v) is 15.9. The van der Waals surface area contributed by atoms with E-state index < -0.39 is 0 Å². The molecule has 2 amide bonds. The lowest BCUT2D eigenvalue weighted by Gasteiger charge is -2.26. The Bertz CT molecular complexity index is 2000. The zero-order valence-corrected chi connectivity index (χ0v) is 27.5. The second-order valence-corrected chi connectivity index (χ2v) is 12.0. The number of amides is 2. The van der Waals surface area contributed by atoms with E-state index in [2.05, 4.69) is 48.7 Å². The Morgan fingerprint density at radius 2 is 0.796 bits per heavy atom. The van der Waals surface area contributed by atoms with Gasteiger partial charge in [-0.3, -0.25) is 9.59 Å². The van der Waals surface area contributed by atoms with Crippen molar-refractivity contribution >= 4 is 23.2 Å². The fourth-order valence-corrected chi connectivity index (χ4v) is 5.24. The van der Waals surface area contributed by atoms with Gasteiger partial charge in [-0.25, -0.2) is 0 Å². The minimum atomic E-state index is -0.258. The maximum atomic E-state index is 12.8. The molecule has 0 aliphatic heterocycles. The molecule has 0 unspecified atom stereocenters. The quantitative estimate of drug-likeness (QED) is 0.146. The van der Waals surface area contributed by atoms with Crippen molar-refractivity contribution in [2.75, 3.05) is 10.6 Å². The summed E-state index contributed by atoms with van der Waals surface area (Å²) < 4.78 is 17.9. The summed E-state index contributed by atoms with van der Waals surface area (Å²) in [7, 11) is 0. The molecule has 0 radical (unpaired) electrons. The number of carbonyl (C=O) groups is 2. The van der Waals surface area contributed by atoms with Gasteiger partial charge >= 0.3 is 0 Å². The lowest BCUT2D eigenvalue weighted by atomic mass is 9.78. The summed E-state index contributed by atoms with van der Waals surface area (Å²) in [5.41, 5.74) is 3.94. The average Bonchev–Trinajstić information content (AvgIpc) is 3.11. The first-order chi connectivity index (χ1) is 23.7. The van der Waals surface area contributed by atoms with Gasteiger partial charge in [0.2, 0.25) is 5.91 Å². The van der Waals surface area contributed by atoms with E-state index in [-0.39, 0.29) is 17.2 Å². The van der Waals surface area contributed by atoms with Crippen molar-refractivity contribution in [2.45, 2.75) is 26.2 Å². The van der Waals surface area contributed by atoms with Crippen LogP contribution >= 0.6 is 0 Å². The molecule has 2 N–H and O–H groups in total. The highest BCUT2D eigenvalue weighted by Crippen LogP contribution is 2.35. The van der Waals surface area contributed by atoms with Crippen LogP contribution in [0.1, 0.15) is 42.3 Å². The molecule has 7 nitrogen and oxygen atoms in total. The SMILES string of the molecule is CC(=O)Nc1ccc(Oc2ccc(C(C)(C)c3ccc(Oc4ccc(NC(=O)c5ccc(Oc6ccccc6)cc5)cc4)cc3)cc2)cc1. The van der Waals surface area contributed by atoms with Gasteiger partial charge in [0.05, 0.1) is 0 Å². The highest BCUT2D eigenvalue weighted by molar-refractivity contribution is 6.04. The van der Waals surface area contributed by atoms with E-state index in [1.165, 1.54) is 6.92 Å². The van der Waals surface area contributed by atoms with Crippen LogP contribution in [0, 0.1) is 0 Å². The fraction of sp³-hybridized carbons (Fsp3) is 0.0952. The number of hydrogen-bond acceptors (Lipinski definition) is 5. The van der Waals surface area contributed by atoms with Crippen molar-refractivity contribution in [2.24, 2.45) is 0 Å². The molecule has 0 spiro atoms. The molecule has 0 saturated carbocycles. The molecule has 0 bridgehead atoms. The van der Waals surface area contributed by atoms with Crippen LogP contribution in [0.25, 0.3) is 0 Å². The lowest BCUT2D eigenvalue weighted by molar-refractivity contribution is -0.114. The van der Waals surface area contributed by atoms with E-state index >= 15 is 0 Å². The largest absolute Gasteiger partial charge is 0.457 e. The zero-order chi connectivity index (χ0) is 34.2. The average molecular weight is 649 g/mol. The van der Waals surface area contributed by atoms with Gasteiger partial charge in [0.15, 0.2) is 0 Å². The molecule has 0 aliphatic rings. The summed E-state index contributed by atoms with van der Waals surface area (Å²) >= 11 is 0. The Kier molecular flexibility index (Phi) is 9.72. The molecule has 0 atom stereocenters. The molecular formula is C42H36N2O5. The Balaban J connectivity index is 1.02. The number of hydrogen-bond donors (Lipinski definition) is 2. The Hall–Kier alpha value is -6.34. The van der Waals surface area contributed by atoms with Gasteiger partial charge in [-0.1, -0.05) is 56.3 Å². The van der Waals surface area contributed by atoms with Crippen LogP contribution in [0.4, 0.5) is 11.4 Å². The molecule has 7 heteroatoms. The summed E-state index contributed by atoms with van der Waals surface area (Å²) in [6, 6.07) is 47.2. The molecule has 6 aromatic rings. The molecule has 6 aromatic carbocycles. The first kappa shape index (κ1) is 32.6. The summed E-state index contributed by atoms with van der Waals surface area (Å²) in [6.07, 6.45) is 0. The van der Waals surface area contributed by atoms with Gasteiger partial charge in [0.25, 0.3) is 5.91 Å². The van der Waals surface area contributed by atoms with Crippen molar-refractivity contribution in [1.82, 2.24) is 0 Å². The Morgan fingerprint density at radius 3 is 1.20 bits per heavy atom. The molecule has 0 saturated heterocycles. The van der Waals surface area contributed by atoms with Crippen molar-refractivity contribution in [3.05, 3.63) is 168 Å². The van der Waals surface area contributed by atoms with Crippen LogP contribution in [-0.2, 0) is 10.2 Å². The van der Waals surface area contributed by atoms with E-state index in [9.17, 15) is 9.59 Å². The van der Waals surface area contributed by atoms with E-state index in [0.29, 0.717) is 34.2 Å². The molecule has 244 valence electrons. The molecule has 6 rings (SSSR count). The summed E-state index contributed by atoms with van der Waals surface area (Å²) in [5, 5.41) is 5.68.